The molecule has 0 aromatic heterocycles. The molecule has 98 valence electrons. The molecule has 0 saturated heterocycles. The van der Waals surface area contributed by atoms with Crippen LogP contribution in [0.15, 0.2) is 46.9 Å². The third-order valence-electron chi connectivity index (χ3n) is 2.61. The van der Waals surface area contributed by atoms with E-state index in [0.717, 1.165) is 4.47 Å². The van der Waals surface area contributed by atoms with Crippen molar-refractivity contribution in [3.8, 4) is 5.75 Å². The minimum Gasteiger partial charge on any atom is -0.497 e. The Morgan fingerprint density at radius 2 is 1.89 bits per heavy atom. The van der Waals surface area contributed by atoms with E-state index in [0.29, 0.717) is 22.7 Å². The van der Waals surface area contributed by atoms with Crippen LogP contribution in [-0.4, -0.2) is 13.0 Å². The summed E-state index contributed by atoms with van der Waals surface area (Å²) < 4.78 is 6.00. The van der Waals surface area contributed by atoms with E-state index < -0.39 is 0 Å². The van der Waals surface area contributed by atoms with Gasteiger partial charge in [0, 0.05) is 21.9 Å². The summed E-state index contributed by atoms with van der Waals surface area (Å²) in [5, 5.41) is 2.78. The van der Waals surface area contributed by atoms with Gasteiger partial charge in [0.15, 0.2) is 0 Å². The summed E-state index contributed by atoms with van der Waals surface area (Å²) in [6.45, 7) is 0. The molecule has 0 aliphatic carbocycles. The quantitative estimate of drug-likeness (QED) is 0.853. The Kier molecular flexibility index (Phi) is 4.06. The highest BCUT2D eigenvalue weighted by atomic mass is 79.9. The molecular formula is C14H13BrN2O2. The zero-order chi connectivity index (χ0) is 13.8. The largest absolute Gasteiger partial charge is 0.497 e. The lowest BCUT2D eigenvalue weighted by Crippen LogP contribution is -2.14. The SMILES string of the molecule is COc1ccc(C(=O)Nc2ccc(Br)cc2)c(N)c1. The van der Waals surface area contributed by atoms with Crippen LogP contribution in [0.3, 0.4) is 0 Å². The number of hydrogen-bond donors (Lipinski definition) is 2. The number of carbonyl (C=O) groups excluding carboxylic acids is 1. The summed E-state index contributed by atoms with van der Waals surface area (Å²) in [7, 11) is 1.55. The van der Waals surface area contributed by atoms with Gasteiger partial charge in [-0.3, -0.25) is 4.79 Å². The maximum atomic E-state index is 12.1. The molecule has 3 N–H and O–H groups in total. The average Bonchev–Trinajstić information content (AvgIpc) is 2.41. The second-order valence-corrected chi connectivity index (χ2v) is 4.83. The molecule has 0 fully saturated rings. The van der Waals surface area contributed by atoms with Crippen molar-refractivity contribution in [2.45, 2.75) is 0 Å². The van der Waals surface area contributed by atoms with Gasteiger partial charge in [-0.05, 0) is 36.4 Å². The van der Waals surface area contributed by atoms with Gasteiger partial charge in [-0.1, -0.05) is 15.9 Å². The van der Waals surface area contributed by atoms with Crippen molar-refractivity contribution in [2.75, 3.05) is 18.2 Å². The number of methoxy groups -OCH3 is 1. The summed E-state index contributed by atoms with van der Waals surface area (Å²) in [5.74, 6) is 0.375. The van der Waals surface area contributed by atoms with Crippen LogP contribution in [0.1, 0.15) is 10.4 Å². The molecule has 1 amide bonds. The number of nitrogen functional groups attached to an aromatic ring is 1. The highest BCUT2D eigenvalue weighted by Gasteiger charge is 2.10. The Labute approximate surface area is 119 Å². The first kappa shape index (κ1) is 13.4. The van der Waals surface area contributed by atoms with Gasteiger partial charge < -0.3 is 15.8 Å². The number of nitrogens with one attached hydrogen (secondary N) is 1. The van der Waals surface area contributed by atoms with Crippen molar-refractivity contribution in [3.05, 3.63) is 52.5 Å². The zero-order valence-electron chi connectivity index (χ0n) is 10.3. The van der Waals surface area contributed by atoms with Gasteiger partial charge in [-0.2, -0.15) is 0 Å². The molecule has 0 unspecified atom stereocenters. The van der Waals surface area contributed by atoms with Gasteiger partial charge in [0.2, 0.25) is 0 Å². The van der Waals surface area contributed by atoms with E-state index in [1.54, 1.807) is 25.3 Å². The maximum Gasteiger partial charge on any atom is 0.257 e. The monoisotopic (exact) mass is 320 g/mol. The zero-order valence-corrected chi connectivity index (χ0v) is 11.9. The maximum absolute atomic E-state index is 12.1. The molecule has 0 radical (unpaired) electrons. The Bertz CT molecular complexity index is 597. The molecule has 0 saturated carbocycles. The number of nitrogens with two attached hydrogens (primary N) is 1. The van der Waals surface area contributed by atoms with Crippen molar-refractivity contribution < 1.29 is 9.53 Å². The predicted molar refractivity (Wildman–Crippen MR) is 79.5 cm³/mol. The van der Waals surface area contributed by atoms with Gasteiger partial charge in [0.25, 0.3) is 5.91 Å². The van der Waals surface area contributed by atoms with Crippen LogP contribution in [0.5, 0.6) is 5.75 Å². The topological polar surface area (TPSA) is 64.3 Å². The van der Waals surface area contributed by atoms with Crippen molar-refractivity contribution in [3.63, 3.8) is 0 Å². The second-order valence-electron chi connectivity index (χ2n) is 3.91. The highest BCUT2D eigenvalue weighted by Crippen LogP contribution is 2.21. The first-order chi connectivity index (χ1) is 9.10. The predicted octanol–water partition coefficient (Wildman–Crippen LogP) is 3.29. The van der Waals surface area contributed by atoms with E-state index in [9.17, 15) is 4.79 Å². The summed E-state index contributed by atoms with van der Waals surface area (Å²) in [6, 6.07) is 12.3. The summed E-state index contributed by atoms with van der Waals surface area (Å²) in [4.78, 5) is 12.1. The molecule has 2 aromatic rings. The van der Waals surface area contributed by atoms with Gasteiger partial charge in [-0.25, -0.2) is 0 Å². The van der Waals surface area contributed by atoms with E-state index >= 15 is 0 Å². The molecule has 0 aliphatic rings. The molecule has 4 nitrogen and oxygen atoms in total. The fourth-order valence-corrected chi connectivity index (χ4v) is 1.87. The highest BCUT2D eigenvalue weighted by molar-refractivity contribution is 9.10. The molecule has 2 rings (SSSR count). The number of carbonyl (C=O) groups is 1. The first-order valence-corrected chi connectivity index (χ1v) is 6.40. The third-order valence-corrected chi connectivity index (χ3v) is 3.13. The number of ether oxygens (including phenoxy) is 1. The van der Waals surface area contributed by atoms with E-state index in [1.807, 2.05) is 24.3 Å². The molecule has 5 heteroatoms. The third kappa shape index (κ3) is 3.26. The lowest BCUT2D eigenvalue weighted by molar-refractivity contribution is 0.102. The molecule has 19 heavy (non-hydrogen) atoms. The average molecular weight is 321 g/mol. The van der Waals surface area contributed by atoms with Crippen LogP contribution in [0.25, 0.3) is 0 Å². The Morgan fingerprint density at radius 1 is 1.21 bits per heavy atom. The minimum atomic E-state index is -0.248. The van der Waals surface area contributed by atoms with Gasteiger partial charge in [0.1, 0.15) is 5.75 Å². The minimum absolute atomic E-state index is 0.248. The first-order valence-electron chi connectivity index (χ1n) is 5.60. The lowest BCUT2D eigenvalue weighted by atomic mass is 10.1. The Balaban J connectivity index is 2.18. The Morgan fingerprint density at radius 3 is 2.47 bits per heavy atom. The van der Waals surface area contributed by atoms with Crippen LogP contribution in [0, 0.1) is 0 Å². The number of halogens is 1. The summed E-state index contributed by atoms with van der Waals surface area (Å²) >= 11 is 3.34. The van der Waals surface area contributed by atoms with Crippen molar-refractivity contribution >= 4 is 33.2 Å². The van der Waals surface area contributed by atoms with Gasteiger partial charge >= 0.3 is 0 Å². The molecule has 0 aliphatic heterocycles. The number of rotatable bonds is 3. The molecule has 2 aromatic carbocycles. The standard InChI is InChI=1S/C14H13BrN2O2/c1-19-11-6-7-12(13(16)8-11)14(18)17-10-4-2-9(15)3-5-10/h2-8H,16H2,1H3,(H,17,18). The van der Waals surface area contributed by atoms with Crippen molar-refractivity contribution in [2.24, 2.45) is 0 Å². The summed E-state index contributed by atoms with van der Waals surface area (Å²) in [5.41, 5.74) is 7.34. The smallest absolute Gasteiger partial charge is 0.257 e. The Hall–Kier alpha value is -2.01. The van der Waals surface area contributed by atoms with E-state index in [-0.39, 0.29) is 5.91 Å². The normalized spacial score (nSPS) is 10.0. The van der Waals surface area contributed by atoms with E-state index in [1.165, 1.54) is 0 Å². The molecular weight excluding hydrogens is 308 g/mol. The van der Waals surface area contributed by atoms with Crippen LogP contribution in [0.2, 0.25) is 0 Å². The molecule has 0 bridgehead atoms. The van der Waals surface area contributed by atoms with Crippen LogP contribution >= 0.6 is 15.9 Å². The summed E-state index contributed by atoms with van der Waals surface area (Å²) in [6.07, 6.45) is 0. The molecule has 0 heterocycles. The van der Waals surface area contributed by atoms with Gasteiger partial charge in [-0.15, -0.1) is 0 Å². The molecule has 0 atom stereocenters. The van der Waals surface area contributed by atoms with Crippen LogP contribution in [-0.2, 0) is 0 Å². The fourth-order valence-electron chi connectivity index (χ4n) is 1.61. The van der Waals surface area contributed by atoms with E-state index in [2.05, 4.69) is 21.2 Å². The number of benzene rings is 2. The van der Waals surface area contributed by atoms with Crippen molar-refractivity contribution in [1.82, 2.24) is 0 Å². The fraction of sp³-hybridized carbons (Fsp3) is 0.0714. The van der Waals surface area contributed by atoms with Crippen molar-refractivity contribution in [1.29, 1.82) is 0 Å². The van der Waals surface area contributed by atoms with Gasteiger partial charge in [0.05, 0.1) is 12.7 Å². The van der Waals surface area contributed by atoms with Crippen LogP contribution < -0.4 is 15.8 Å². The lowest BCUT2D eigenvalue weighted by Gasteiger charge is -2.09. The second kappa shape index (κ2) is 5.75. The molecule has 0 spiro atoms. The number of amides is 1. The van der Waals surface area contributed by atoms with Crippen LogP contribution in [0.4, 0.5) is 11.4 Å². The number of anilines is 2. The van der Waals surface area contributed by atoms with E-state index in [4.69, 9.17) is 10.5 Å². The number of hydrogen-bond acceptors (Lipinski definition) is 3.